The van der Waals surface area contributed by atoms with Crippen LogP contribution in [-0.2, 0) is 11.3 Å². The molecule has 18 heavy (non-hydrogen) atoms. The van der Waals surface area contributed by atoms with Gasteiger partial charge in [-0.2, -0.15) is 0 Å². The number of aryl methyl sites for hydroxylation is 1. The Bertz CT molecular complexity index is 352. The molecular formula is C15H25NO2. The third-order valence-corrected chi connectivity index (χ3v) is 2.90. The zero-order valence-electron chi connectivity index (χ0n) is 12.0. The van der Waals surface area contributed by atoms with Gasteiger partial charge in [-0.1, -0.05) is 25.1 Å². The van der Waals surface area contributed by atoms with E-state index in [0.29, 0.717) is 6.61 Å². The highest BCUT2D eigenvalue weighted by molar-refractivity contribution is 5.40. The van der Waals surface area contributed by atoms with Crippen molar-refractivity contribution in [3.63, 3.8) is 0 Å². The molecule has 1 rings (SSSR count). The van der Waals surface area contributed by atoms with E-state index in [2.05, 4.69) is 37.4 Å². The average molecular weight is 251 g/mol. The Balaban J connectivity index is 2.67. The van der Waals surface area contributed by atoms with E-state index in [4.69, 9.17) is 9.47 Å². The number of methoxy groups -OCH3 is 1. The number of ether oxygens (including phenoxy) is 2. The van der Waals surface area contributed by atoms with Crippen LogP contribution in [0.15, 0.2) is 18.2 Å². The van der Waals surface area contributed by atoms with Crippen LogP contribution in [0, 0.1) is 6.92 Å². The minimum atomic E-state index is 0.112. The van der Waals surface area contributed by atoms with Gasteiger partial charge in [-0.3, -0.25) is 0 Å². The van der Waals surface area contributed by atoms with Crippen molar-refractivity contribution in [2.75, 3.05) is 20.3 Å². The van der Waals surface area contributed by atoms with Gasteiger partial charge in [0.1, 0.15) is 12.4 Å². The van der Waals surface area contributed by atoms with Gasteiger partial charge < -0.3 is 14.8 Å². The molecule has 0 aliphatic rings. The molecule has 0 heterocycles. The van der Waals surface area contributed by atoms with Crippen LogP contribution >= 0.6 is 0 Å². The first-order valence-corrected chi connectivity index (χ1v) is 6.63. The third-order valence-electron chi connectivity index (χ3n) is 2.90. The van der Waals surface area contributed by atoms with Crippen LogP contribution in [0.2, 0.25) is 0 Å². The number of benzene rings is 1. The van der Waals surface area contributed by atoms with Crippen molar-refractivity contribution < 1.29 is 9.47 Å². The second-order valence-electron chi connectivity index (χ2n) is 4.60. The van der Waals surface area contributed by atoms with Crippen LogP contribution in [0.5, 0.6) is 5.75 Å². The van der Waals surface area contributed by atoms with Crippen LogP contribution < -0.4 is 10.1 Å². The average Bonchev–Trinajstić information content (AvgIpc) is 2.38. The molecule has 0 saturated heterocycles. The molecule has 3 heteroatoms. The molecule has 0 aliphatic carbocycles. The Morgan fingerprint density at radius 1 is 1.33 bits per heavy atom. The number of hydrogen-bond donors (Lipinski definition) is 1. The Kier molecular flexibility index (Phi) is 6.76. The maximum Gasteiger partial charge on any atom is 0.126 e. The molecule has 0 aliphatic heterocycles. The Hall–Kier alpha value is -1.06. The SMILES string of the molecule is CCCNCc1cccc(C)c1OCC(C)OC. The predicted octanol–water partition coefficient (Wildman–Crippen LogP) is 2.91. The van der Waals surface area contributed by atoms with E-state index in [1.807, 2.05) is 6.92 Å². The highest BCUT2D eigenvalue weighted by Crippen LogP contribution is 2.23. The second kappa shape index (κ2) is 8.11. The van der Waals surface area contributed by atoms with Gasteiger partial charge in [-0.15, -0.1) is 0 Å². The quantitative estimate of drug-likeness (QED) is 0.721. The summed E-state index contributed by atoms with van der Waals surface area (Å²) in [6.45, 7) is 8.72. The van der Waals surface area contributed by atoms with Crippen LogP contribution in [0.3, 0.4) is 0 Å². The van der Waals surface area contributed by atoms with Gasteiger partial charge in [0.2, 0.25) is 0 Å². The first kappa shape index (κ1) is 15.0. The number of para-hydroxylation sites is 1. The van der Waals surface area contributed by atoms with Crippen molar-refractivity contribution in [2.24, 2.45) is 0 Å². The molecule has 0 fully saturated rings. The highest BCUT2D eigenvalue weighted by Gasteiger charge is 2.08. The normalized spacial score (nSPS) is 12.4. The van der Waals surface area contributed by atoms with Crippen molar-refractivity contribution in [2.45, 2.75) is 39.8 Å². The molecule has 0 spiro atoms. The molecule has 1 N–H and O–H groups in total. The van der Waals surface area contributed by atoms with Crippen molar-refractivity contribution in [3.05, 3.63) is 29.3 Å². The second-order valence-corrected chi connectivity index (χ2v) is 4.60. The topological polar surface area (TPSA) is 30.5 Å². The van der Waals surface area contributed by atoms with E-state index >= 15 is 0 Å². The molecule has 1 aromatic rings. The van der Waals surface area contributed by atoms with Crippen molar-refractivity contribution in [3.8, 4) is 5.75 Å². The monoisotopic (exact) mass is 251 g/mol. The van der Waals surface area contributed by atoms with Crippen LogP contribution in [0.25, 0.3) is 0 Å². The minimum Gasteiger partial charge on any atom is -0.490 e. The third kappa shape index (κ3) is 4.67. The predicted molar refractivity (Wildman–Crippen MR) is 75.1 cm³/mol. The maximum absolute atomic E-state index is 5.89. The first-order valence-electron chi connectivity index (χ1n) is 6.63. The summed E-state index contributed by atoms with van der Waals surface area (Å²) in [6.07, 6.45) is 1.25. The molecule has 0 aromatic heterocycles. The molecule has 102 valence electrons. The summed E-state index contributed by atoms with van der Waals surface area (Å²) in [5, 5.41) is 3.41. The minimum absolute atomic E-state index is 0.112. The summed E-state index contributed by atoms with van der Waals surface area (Å²) in [5.74, 6) is 0.991. The van der Waals surface area contributed by atoms with Crippen molar-refractivity contribution in [1.29, 1.82) is 0 Å². The molecule has 0 bridgehead atoms. The Labute approximate surface area is 110 Å². The summed E-state index contributed by atoms with van der Waals surface area (Å²) in [7, 11) is 1.70. The lowest BCUT2D eigenvalue weighted by Gasteiger charge is -2.17. The van der Waals surface area contributed by atoms with E-state index in [1.165, 1.54) is 11.1 Å². The van der Waals surface area contributed by atoms with Crippen molar-refractivity contribution in [1.82, 2.24) is 5.32 Å². The van der Waals surface area contributed by atoms with Gasteiger partial charge in [0.15, 0.2) is 0 Å². The summed E-state index contributed by atoms with van der Waals surface area (Å²) in [4.78, 5) is 0. The molecule has 0 radical (unpaired) electrons. The van der Waals surface area contributed by atoms with Gasteiger partial charge >= 0.3 is 0 Å². The van der Waals surface area contributed by atoms with E-state index in [-0.39, 0.29) is 6.10 Å². The van der Waals surface area contributed by atoms with Gasteiger partial charge in [0.05, 0.1) is 6.10 Å². The van der Waals surface area contributed by atoms with E-state index in [1.54, 1.807) is 7.11 Å². The van der Waals surface area contributed by atoms with Crippen LogP contribution in [0.1, 0.15) is 31.4 Å². The zero-order chi connectivity index (χ0) is 13.4. The molecule has 0 amide bonds. The zero-order valence-corrected chi connectivity index (χ0v) is 12.0. The Morgan fingerprint density at radius 3 is 2.78 bits per heavy atom. The van der Waals surface area contributed by atoms with Gasteiger partial charge in [-0.05, 0) is 32.4 Å². The molecule has 1 atom stereocenters. The fourth-order valence-corrected chi connectivity index (χ4v) is 1.73. The smallest absolute Gasteiger partial charge is 0.126 e. The summed E-state index contributed by atoms with van der Waals surface area (Å²) in [5.41, 5.74) is 2.39. The maximum atomic E-state index is 5.89. The number of rotatable bonds is 8. The lowest BCUT2D eigenvalue weighted by Crippen LogP contribution is -2.19. The molecule has 1 aromatic carbocycles. The standard InChI is InChI=1S/C15H25NO2/c1-5-9-16-10-14-8-6-7-12(2)15(14)18-11-13(3)17-4/h6-8,13,16H,5,9-11H2,1-4H3. The van der Waals surface area contributed by atoms with E-state index < -0.39 is 0 Å². The molecular weight excluding hydrogens is 226 g/mol. The number of hydrogen-bond acceptors (Lipinski definition) is 3. The largest absolute Gasteiger partial charge is 0.490 e. The fourth-order valence-electron chi connectivity index (χ4n) is 1.73. The lowest BCUT2D eigenvalue weighted by atomic mass is 10.1. The summed E-state index contributed by atoms with van der Waals surface area (Å²) < 4.78 is 11.1. The van der Waals surface area contributed by atoms with Crippen molar-refractivity contribution >= 4 is 0 Å². The fraction of sp³-hybridized carbons (Fsp3) is 0.600. The number of nitrogens with one attached hydrogen (secondary N) is 1. The first-order chi connectivity index (χ1) is 8.69. The molecule has 1 unspecified atom stereocenters. The van der Waals surface area contributed by atoms with E-state index in [9.17, 15) is 0 Å². The van der Waals surface area contributed by atoms with E-state index in [0.717, 1.165) is 25.3 Å². The lowest BCUT2D eigenvalue weighted by molar-refractivity contribution is 0.0710. The highest BCUT2D eigenvalue weighted by atomic mass is 16.5. The Morgan fingerprint density at radius 2 is 2.11 bits per heavy atom. The molecule has 0 saturated carbocycles. The van der Waals surface area contributed by atoms with Gasteiger partial charge in [0, 0.05) is 19.2 Å². The summed E-state index contributed by atoms with van der Waals surface area (Å²) >= 11 is 0. The van der Waals surface area contributed by atoms with Crippen LogP contribution in [-0.4, -0.2) is 26.4 Å². The van der Waals surface area contributed by atoms with Gasteiger partial charge in [-0.25, -0.2) is 0 Å². The summed E-state index contributed by atoms with van der Waals surface area (Å²) in [6, 6.07) is 6.27. The van der Waals surface area contributed by atoms with Crippen LogP contribution in [0.4, 0.5) is 0 Å². The van der Waals surface area contributed by atoms with Gasteiger partial charge in [0.25, 0.3) is 0 Å². The molecule has 3 nitrogen and oxygen atoms in total.